The number of unbranched alkanes of at least 4 members (excludes halogenated alkanes) is 2. The Hall–Kier alpha value is -3.42. The Labute approximate surface area is 167 Å². The molecule has 0 fully saturated rings. The minimum absolute atomic E-state index is 0.201. The predicted molar refractivity (Wildman–Crippen MR) is 99.5 cm³/mol. The first-order chi connectivity index (χ1) is 14.0. The van der Waals surface area contributed by atoms with Gasteiger partial charge in [0, 0.05) is 25.4 Å². The lowest BCUT2D eigenvalue weighted by Gasteiger charge is -2.17. The zero-order chi connectivity index (χ0) is 20.8. The molecule has 0 aliphatic carbocycles. The van der Waals surface area contributed by atoms with Crippen molar-refractivity contribution >= 4 is 23.7 Å². The van der Waals surface area contributed by atoms with Crippen LogP contribution in [0.5, 0.6) is 0 Å². The summed E-state index contributed by atoms with van der Waals surface area (Å²) in [4.78, 5) is 48.8. The van der Waals surface area contributed by atoms with Crippen molar-refractivity contribution in [3.63, 3.8) is 0 Å². The lowest BCUT2D eigenvalue weighted by Crippen LogP contribution is -2.34. The smallest absolute Gasteiger partial charge is 0.261 e. The van der Waals surface area contributed by atoms with Gasteiger partial charge in [0.05, 0.1) is 23.4 Å². The topological polar surface area (TPSA) is 120 Å². The summed E-state index contributed by atoms with van der Waals surface area (Å²) in [7, 11) is 0. The van der Waals surface area contributed by atoms with Gasteiger partial charge in [-0.3, -0.25) is 19.3 Å². The summed E-state index contributed by atoms with van der Waals surface area (Å²) in [6, 6.07) is 9.16. The number of furan rings is 1. The molecule has 1 aliphatic rings. The number of carboxylic acid groups (broad SMARTS) is 1. The fraction of sp³-hybridized carbons (Fsp3) is 0.333. The zero-order valence-electron chi connectivity index (χ0n) is 15.8. The lowest BCUT2D eigenvalue weighted by molar-refractivity contribution is -0.306. The van der Waals surface area contributed by atoms with E-state index in [1.165, 1.54) is 11.2 Å². The van der Waals surface area contributed by atoms with Crippen LogP contribution >= 0.6 is 0 Å². The van der Waals surface area contributed by atoms with E-state index >= 15 is 0 Å². The second-order valence-corrected chi connectivity index (χ2v) is 6.83. The van der Waals surface area contributed by atoms with Gasteiger partial charge in [-0.05, 0) is 37.1 Å². The van der Waals surface area contributed by atoms with E-state index in [2.05, 4.69) is 5.32 Å². The second kappa shape index (κ2) is 9.18. The predicted octanol–water partition coefficient (Wildman–Crippen LogP) is 1.43. The van der Waals surface area contributed by atoms with Crippen molar-refractivity contribution < 1.29 is 28.7 Å². The van der Waals surface area contributed by atoms with Gasteiger partial charge < -0.3 is 19.6 Å². The minimum atomic E-state index is -1.28. The highest BCUT2D eigenvalue weighted by atomic mass is 16.4. The van der Waals surface area contributed by atoms with E-state index in [0.29, 0.717) is 42.7 Å². The van der Waals surface area contributed by atoms with Crippen molar-refractivity contribution in [2.75, 3.05) is 6.54 Å². The van der Waals surface area contributed by atoms with Crippen LogP contribution in [0.4, 0.5) is 0 Å². The Kier molecular flexibility index (Phi) is 6.43. The summed E-state index contributed by atoms with van der Waals surface area (Å²) in [6.07, 6.45) is 3.01. The molecule has 0 radical (unpaired) electrons. The highest BCUT2D eigenvalue weighted by molar-refractivity contribution is 6.21. The Morgan fingerprint density at radius 1 is 1.00 bits per heavy atom. The van der Waals surface area contributed by atoms with Crippen LogP contribution in [0.1, 0.15) is 64.6 Å². The monoisotopic (exact) mass is 397 g/mol. The quantitative estimate of drug-likeness (QED) is 0.478. The van der Waals surface area contributed by atoms with E-state index in [4.69, 9.17) is 4.42 Å². The molecule has 2 heterocycles. The molecule has 8 nitrogen and oxygen atoms in total. The summed E-state index contributed by atoms with van der Waals surface area (Å²) in [5.41, 5.74) is 0.850. The number of carbonyl (C=O) groups is 4. The van der Waals surface area contributed by atoms with Crippen LogP contribution in [0, 0.1) is 0 Å². The van der Waals surface area contributed by atoms with Gasteiger partial charge >= 0.3 is 0 Å². The van der Waals surface area contributed by atoms with Gasteiger partial charge in [0.25, 0.3) is 11.8 Å². The first-order valence-electron chi connectivity index (χ1n) is 9.45. The Bertz CT molecular complexity index is 871. The van der Waals surface area contributed by atoms with E-state index in [1.807, 2.05) is 0 Å². The van der Waals surface area contributed by atoms with Gasteiger partial charge in [0.2, 0.25) is 5.91 Å². The average Bonchev–Trinajstić information content (AvgIpc) is 3.30. The summed E-state index contributed by atoms with van der Waals surface area (Å²) in [6.45, 7) is 0.299. The number of nitrogens with one attached hydrogen (secondary N) is 1. The van der Waals surface area contributed by atoms with Gasteiger partial charge in [-0.2, -0.15) is 0 Å². The van der Waals surface area contributed by atoms with Crippen LogP contribution in [0.3, 0.4) is 0 Å². The molecule has 3 rings (SSSR count). The minimum Gasteiger partial charge on any atom is -0.550 e. The number of amides is 3. The molecule has 29 heavy (non-hydrogen) atoms. The molecular weight excluding hydrogens is 376 g/mol. The molecular formula is C21H21N2O6-. The number of imide groups is 1. The molecule has 1 aromatic carbocycles. The number of hydrogen-bond donors (Lipinski definition) is 1. The number of fused-ring (bicyclic) bond motifs is 1. The van der Waals surface area contributed by atoms with E-state index in [-0.39, 0.29) is 30.6 Å². The van der Waals surface area contributed by atoms with Crippen LogP contribution in [-0.4, -0.2) is 35.1 Å². The molecule has 1 aromatic heterocycles. The Balaban J connectivity index is 1.40. The summed E-state index contributed by atoms with van der Waals surface area (Å²) in [5, 5.41) is 13.5. The molecule has 1 aliphatic heterocycles. The summed E-state index contributed by atoms with van der Waals surface area (Å²) < 4.78 is 5.17. The number of carboxylic acids is 1. The van der Waals surface area contributed by atoms with Crippen LogP contribution in [0.15, 0.2) is 47.1 Å². The molecule has 3 amide bonds. The molecule has 0 spiro atoms. The number of benzene rings is 1. The normalized spacial score (nSPS) is 14.0. The van der Waals surface area contributed by atoms with Gasteiger partial charge in [-0.1, -0.05) is 18.6 Å². The molecule has 0 bridgehead atoms. The van der Waals surface area contributed by atoms with Gasteiger partial charge in [-0.15, -0.1) is 0 Å². The molecule has 0 saturated heterocycles. The maximum absolute atomic E-state index is 12.3. The number of rotatable bonds is 10. The van der Waals surface area contributed by atoms with Crippen LogP contribution in [0.25, 0.3) is 0 Å². The van der Waals surface area contributed by atoms with Crippen LogP contribution in [0.2, 0.25) is 0 Å². The largest absolute Gasteiger partial charge is 0.550 e. The van der Waals surface area contributed by atoms with Gasteiger partial charge in [-0.25, -0.2) is 0 Å². The summed E-state index contributed by atoms with van der Waals surface area (Å²) in [5.74, 6) is -1.80. The van der Waals surface area contributed by atoms with Crippen molar-refractivity contribution in [2.24, 2.45) is 0 Å². The van der Waals surface area contributed by atoms with E-state index in [9.17, 15) is 24.3 Å². The van der Waals surface area contributed by atoms with E-state index in [0.717, 1.165) is 0 Å². The summed E-state index contributed by atoms with van der Waals surface area (Å²) >= 11 is 0. The van der Waals surface area contributed by atoms with Crippen molar-refractivity contribution in [1.29, 1.82) is 0 Å². The van der Waals surface area contributed by atoms with Crippen molar-refractivity contribution in [3.8, 4) is 0 Å². The number of hydrogen-bond acceptors (Lipinski definition) is 6. The Morgan fingerprint density at radius 2 is 1.69 bits per heavy atom. The maximum atomic E-state index is 12.3. The highest BCUT2D eigenvalue weighted by Crippen LogP contribution is 2.23. The maximum Gasteiger partial charge on any atom is 0.261 e. The first kappa shape index (κ1) is 20.3. The second-order valence-electron chi connectivity index (χ2n) is 6.83. The molecule has 152 valence electrons. The third kappa shape index (κ3) is 4.90. The Morgan fingerprint density at radius 3 is 2.28 bits per heavy atom. The van der Waals surface area contributed by atoms with Crippen molar-refractivity contribution in [3.05, 3.63) is 59.5 Å². The third-order valence-electron chi connectivity index (χ3n) is 4.76. The number of nitrogens with zero attached hydrogens (tertiary/aromatic N) is 1. The number of carbonyl (C=O) groups excluding carboxylic acids is 4. The highest BCUT2D eigenvalue weighted by Gasteiger charge is 2.34. The fourth-order valence-electron chi connectivity index (χ4n) is 3.32. The average molecular weight is 397 g/mol. The van der Waals surface area contributed by atoms with Crippen LogP contribution < -0.4 is 10.4 Å². The zero-order valence-corrected chi connectivity index (χ0v) is 15.8. The van der Waals surface area contributed by atoms with Crippen molar-refractivity contribution in [2.45, 2.75) is 38.1 Å². The van der Waals surface area contributed by atoms with Gasteiger partial charge in [0.1, 0.15) is 5.76 Å². The standard InChI is InChI=1S/C21H22N2O6/c24-18(22-16(13-19(25)26)17-9-6-12-29-17)10-2-1-5-11-23-20(27)14-7-3-4-8-15(14)21(23)28/h3-4,6-9,12,16H,1-2,5,10-11,13H2,(H,22,24)(H,25,26)/p-1. The first-order valence-corrected chi connectivity index (χ1v) is 9.45. The van der Waals surface area contributed by atoms with E-state index < -0.39 is 12.0 Å². The lowest BCUT2D eigenvalue weighted by atomic mass is 10.1. The third-order valence-corrected chi connectivity index (χ3v) is 4.76. The van der Waals surface area contributed by atoms with Gasteiger partial charge in [0.15, 0.2) is 0 Å². The molecule has 1 unspecified atom stereocenters. The molecule has 0 saturated carbocycles. The van der Waals surface area contributed by atoms with E-state index in [1.54, 1.807) is 36.4 Å². The SMILES string of the molecule is O=C([O-])CC(NC(=O)CCCCCN1C(=O)c2ccccc2C1=O)c1ccco1. The van der Waals surface area contributed by atoms with Crippen LogP contribution in [-0.2, 0) is 9.59 Å². The molecule has 2 aromatic rings. The molecule has 8 heteroatoms. The molecule has 1 atom stereocenters. The molecule has 1 N–H and O–H groups in total. The number of aliphatic carboxylic acids is 1. The fourth-order valence-corrected chi connectivity index (χ4v) is 3.32. The van der Waals surface area contributed by atoms with Crippen molar-refractivity contribution in [1.82, 2.24) is 10.2 Å².